The largest absolute Gasteiger partial charge is 0.476 e. The second kappa shape index (κ2) is 8.65. The first-order valence-electron chi connectivity index (χ1n) is 9.65. The van der Waals surface area contributed by atoms with Gasteiger partial charge in [-0.2, -0.15) is 0 Å². The van der Waals surface area contributed by atoms with E-state index in [1.165, 1.54) is 10.8 Å². The third-order valence-electron chi connectivity index (χ3n) is 5.35. The number of nitrogens with zero attached hydrogens (tertiary/aromatic N) is 2. The van der Waals surface area contributed by atoms with Crippen LogP contribution in [0.5, 0.6) is 0 Å². The molecule has 0 spiro atoms. The van der Waals surface area contributed by atoms with E-state index in [2.05, 4.69) is 4.98 Å². The van der Waals surface area contributed by atoms with Crippen molar-refractivity contribution in [3.8, 4) is 11.4 Å². The molecule has 0 bridgehead atoms. The highest BCUT2D eigenvalue weighted by Gasteiger charge is 2.46. The number of alkyl halides is 1. The Balaban J connectivity index is 2.01. The summed E-state index contributed by atoms with van der Waals surface area (Å²) in [6, 6.07) is 14.1. The van der Waals surface area contributed by atoms with Crippen molar-refractivity contribution in [3.05, 3.63) is 88.2 Å². The molecule has 0 radical (unpaired) electrons. The maximum Gasteiger partial charge on any atom is 0.356 e. The highest BCUT2D eigenvalue weighted by molar-refractivity contribution is 7.94. The number of sulfone groups is 1. The van der Waals surface area contributed by atoms with Crippen molar-refractivity contribution < 1.29 is 18.3 Å². The Hall–Kier alpha value is -2.58. The van der Waals surface area contributed by atoms with Crippen LogP contribution in [0.1, 0.15) is 22.5 Å². The minimum atomic E-state index is -3.90. The summed E-state index contributed by atoms with van der Waals surface area (Å²) < 4.78 is 25.4. The minimum absolute atomic E-state index is 0.0421. The van der Waals surface area contributed by atoms with Crippen LogP contribution in [0, 0.1) is 0 Å². The summed E-state index contributed by atoms with van der Waals surface area (Å²) in [7, 11) is -3.90. The van der Waals surface area contributed by atoms with Crippen molar-refractivity contribution in [2.75, 3.05) is 6.26 Å². The number of hydrogen-bond acceptors (Lipinski definition) is 4. The summed E-state index contributed by atoms with van der Waals surface area (Å²) >= 11 is 19.6. The molecule has 0 fully saturated rings. The molecule has 1 aromatic heterocycles. The number of benzene rings is 2. The standard InChI is InChI=1S/C23H17Cl3N2O4S/c1-33(31,32)23(26)12-15(14-6-3-2-4-7-14)10-11-19(23)28-13-18(22(29)30)27-21(28)20-16(24)8-5-9-17(20)25/h2-11,13H,12H2,1H3,(H,29,30). The molecule has 1 N–H and O–H groups in total. The van der Waals surface area contributed by atoms with Crippen LogP contribution in [0.25, 0.3) is 22.7 Å². The Morgan fingerprint density at radius 3 is 2.27 bits per heavy atom. The third-order valence-corrected chi connectivity index (χ3v) is 8.67. The Labute approximate surface area is 205 Å². The normalized spacial score (nSPS) is 18.5. The lowest BCUT2D eigenvalue weighted by Crippen LogP contribution is -2.37. The Morgan fingerprint density at radius 1 is 1.06 bits per heavy atom. The number of imidazole rings is 1. The van der Waals surface area contributed by atoms with Gasteiger partial charge in [0.2, 0.25) is 0 Å². The zero-order valence-corrected chi connectivity index (χ0v) is 20.3. The Morgan fingerprint density at radius 2 is 1.70 bits per heavy atom. The first-order valence-corrected chi connectivity index (χ1v) is 12.7. The highest BCUT2D eigenvalue weighted by atomic mass is 35.5. The number of hydrogen-bond donors (Lipinski definition) is 1. The van der Waals surface area contributed by atoms with Crippen molar-refractivity contribution in [2.24, 2.45) is 0 Å². The maximum atomic E-state index is 13.0. The molecule has 4 rings (SSSR count). The van der Waals surface area contributed by atoms with E-state index in [-0.39, 0.29) is 39.2 Å². The van der Waals surface area contributed by atoms with Gasteiger partial charge in [-0.05, 0) is 29.3 Å². The van der Waals surface area contributed by atoms with Crippen LogP contribution in [0.4, 0.5) is 0 Å². The summed E-state index contributed by atoms with van der Waals surface area (Å²) in [5.74, 6) is -1.23. The minimum Gasteiger partial charge on any atom is -0.476 e. The molecule has 0 saturated carbocycles. The molecule has 2 aromatic carbocycles. The van der Waals surface area contributed by atoms with E-state index in [9.17, 15) is 18.3 Å². The van der Waals surface area contributed by atoms with Crippen LogP contribution in [0.15, 0.2) is 66.9 Å². The van der Waals surface area contributed by atoms with Gasteiger partial charge in [0.05, 0.1) is 21.3 Å². The van der Waals surface area contributed by atoms with Gasteiger partial charge in [-0.15, -0.1) is 0 Å². The van der Waals surface area contributed by atoms with Crippen LogP contribution < -0.4 is 0 Å². The van der Waals surface area contributed by atoms with Crippen molar-refractivity contribution in [3.63, 3.8) is 0 Å². The molecule has 0 saturated heterocycles. The lowest BCUT2D eigenvalue weighted by Gasteiger charge is -2.33. The molecule has 0 amide bonds. The average Bonchev–Trinajstić information content (AvgIpc) is 3.18. The van der Waals surface area contributed by atoms with E-state index in [1.807, 2.05) is 30.3 Å². The highest BCUT2D eigenvalue weighted by Crippen LogP contribution is 2.47. The molecule has 33 heavy (non-hydrogen) atoms. The zero-order chi connectivity index (χ0) is 24.0. The lowest BCUT2D eigenvalue weighted by atomic mass is 9.95. The third kappa shape index (κ3) is 4.22. The van der Waals surface area contributed by atoms with E-state index >= 15 is 0 Å². The number of allylic oxidation sites excluding steroid dienone is 3. The molecule has 170 valence electrons. The summed E-state index contributed by atoms with van der Waals surface area (Å²) in [6.07, 6.45) is 5.53. The molecule has 3 aromatic rings. The first-order chi connectivity index (χ1) is 15.5. The SMILES string of the molecule is CS(=O)(=O)C1(Cl)CC(c2ccccc2)=CC=C1n1cc(C(=O)O)nc1-c1c(Cl)cccc1Cl. The van der Waals surface area contributed by atoms with Gasteiger partial charge >= 0.3 is 5.97 Å². The van der Waals surface area contributed by atoms with E-state index in [4.69, 9.17) is 34.8 Å². The van der Waals surface area contributed by atoms with Crippen LogP contribution in [-0.2, 0) is 9.84 Å². The number of rotatable bonds is 5. The fourth-order valence-corrected chi connectivity index (χ4v) is 5.51. The van der Waals surface area contributed by atoms with Gasteiger partial charge in [0, 0.05) is 18.9 Å². The van der Waals surface area contributed by atoms with Crippen LogP contribution in [0.2, 0.25) is 10.0 Å². The molecule has 1 unspecified atom stereocenters. The predicted octanol–water partition coefficient (Wildman–Crippen LogP) is 5.86. The molecule has 6 nitrogen and oxygen atoms in total. The number of aromatic carboxylic acids is 1. The molecule has 10 heteroatoms. The molecular weight excluding hydrogens is 507 g/mol. The van der Waals surface area contributed by atoms with Gasteiger partial charge in [0.25, 0.3) is 0 Å². The van der Waals surface area contributed by atoms with Crippen molar-refractivity contribution >= 4 is 61.9 Å². The molecule has 1 heterocycles. The predicted molar refractivity (Wildman–Crippen MR) is 131 cm³/mol. The summed E-state index contributed by atoms with van der Waals surface area (Å²) in [5.41, 5.74) is 1.62. The average molecular weight is 524 g/mol. The lowest BCUT2D eigenvalue weighted by molar-refractivity contribution is 0.0691. The smallest absolute Gasteiger partial charge is 0.356 e. The van der Waals surface area contributed by atoms with Gasteiger partial charge in [-0.3, -0.25) is 4.57 Å². The molecule has 1 atom stereocenters. The van der Waals surface area contributed by atoms with Gasteiger partial charge in [-0.25, -0.2) is 18.2 Å². The number of carbonyl (C=O) groups is 1. The van der Waals surface area contributed by atoms with Gasteiger partial charge in [0.1, 0.15) is 5.82 Å². The van der Waals surface area contributed by atoms with Crippen molar-refractivity contribution in [1.29, 1.82) is 0 Å². The first kappa shape index (κ1) is 23.6. The van der Waals surface area contributed by atoms with Gasteiger partial charge in [-0.1, -0.05) is 77.3 Å². The summed E-state index contributed by atoms with van der Waals surface area (Å²) in [5, 5.41) is 10.0. The second-order valence-electron chi connectivity index (χ2n) is 7.51. The molecule has 1 aliphatic rings. The fraction of sp³-hybridized carbons (Fsp3) is 0.130. The van der Waals surface area contributed by atoms with Crippen LogP contribution in [-0.4, -0.2) is 39.5 Å². The van der Waals surface area contributed by atoms with E-state index < -0.39 is 20.0 Å². The topological polar surface area (TPSA) is 89.3 Å². The van der Waals surface area contributed by atoms with Gasteiger partial charge < -0.3 is 5.11 Å². The molecule has 0 aliphatic heterocycles. The number of carboxylic acid groups (broad SMARTS) is 1. The Kier molecular flexibility index (Phi) is 6.18. The van der Waals surface area contributed by atoms with Crippen molar-refractivity contribution in [1.82, 2.24) is 9.55 Å². The maximum absolute atomic E-state index is 13.0. The quantitative estimate of drug-likeness (QED) is 0.423. The monoisotopic (exact) mass is 522 g/mol. The van der Waals surface area contributed by atoms with Crippen LogP contribution >= 0.6 is 34.8 Å². The summed E-state index contributed by atoms with van der Waals surface area (Å²) in [6.45, 7) is 0. The molecular formula is C23H17Cl3N2O4S. The van der Waals surface area contributed by atoms with Crippen LogP contribution in [0.3, 0.4) is 0 Å². The second-order valence-corrected chi connectivity index (χ2v) is 11.4. The zero-order valence-electron chi connectivity index (χ0n) is 17.2. The number of carboxylic acids is 1. The van der Waals surface area contributed by atoms with E-state index in [0.717, 1.165) is 17.4 Å². The summed E-state index contributed by atoms with van der Waals surface area (Å²) in [4.78, 5) is 15.9. The molecule has 1 aliphatic carbocycles. The van der Waals surface area contributed by atoms with E-state index in [1.54, 1.807) is 30.4 Å². The number of halogens is 3. The number of aromatic nitrogens is 2. The van der Waals surface area contributed by atoms with Gasteiger partial charge in [0.15, 0.2) is 19.7 Å². The fourth-order valence-electron chi connectivity index (χ4n) is 3.68. The van der Waals surface area contributed by atoms with Crippen molar-refractivity contribution in [2.45, 2.75) is 10.6 Å². The Bertz CT molecular complexity index is 1410. The van der Waals surface area contributed by atoms with E-state index in [0.29, 0.717) is 0 Å².